The largest absolute Gasteiger partial charge is 0.480 e. The lowest BCUT2D eigenvalue weighted by Gasteiger charge is -2.18. The Kier molecular flexibility index (Phi) is 4.14. The third kappa shape index (κ3) is 3.21. The highest BCUT2D eigenvalue weighted by atomic mass is 16.5. The molecule has 0 aliphatic rings. The van der Waals surface area contributed by atoms with Crippen LogP contribution in [0.2, 0.25) is 0 Å². The number of likely N-dealkylation sites (N-methyl/N-ethyl adjacent to an activating group) is 1. The van der Waals surface area contributed by atoms with Crippen molar-refractivity contribution in [3.63, 3.8) is 0 Å². The maximum absolute atomic E-state index is 10.9. The van der Waals surface area contributed by atoms with Gasteiger partial charge in [0.15, 0.2) is 5.82 Å². The molecular formula is C14H17N3O3. The van der Waals surface area contributed by atoms with Crippen LogP contribution in [0.4, 0.5) is 0 Å². The maximum Gasteiger partial charge on any atom is 0.320 e. The number of carbonyl (C=O) groups is 1. The van der Waals surface area contributed by atoms with Crippen molar-refractivity contribution in [3.05, 3.63) is 35.7 Å². The van der Waals surface area contributed by atoms with Crippen molar-refractivity contribution in [1.29, 1.82) is 0 Å². The summed E-state index contributed by atoms with van der Waals surface area (Å²) in [5.74, 6) is 0.0343. The molecule has 0 fully saturated rings. The van der Waals surface area contributed by atoms with E-state index in [4.69, 9.17) is 9.63 Å². The zero-order valence-corrected chi connectivity index (χ0v) is 11.7. The van der Waals surface area contributed by atoms with Gasteiger partial charge >= 0.3 is 5.97 Å². The first-order valence-electron chi connectivity index (χ1n) is 6.30. The van der Waals surface area contributed by atoms with Crippen molar-refractivity contribution in [2.45, 2.75) is 26.4 Å². The van der Waals surface area contributed by atoms with Gasteiger partial charge in [-0.25, -0.2) is 0 Å². The van der Waals surface area contributed by atoms with Gasteiger partial charge in [-0.1, -0.05) is 22.9 Å². The van der Waals surface area contributed by atoms with E-state index in [0.29, 0.717) is 18.3 Å². The van der Waals surface area contributed by atoms with Crippen molar-refractivity contribution in [2.75, 3.05) is 7.05 Å². The minimum Gasteiger partial charge on any atom is -0.480 e. The lowest BCUT2D eigenvalue weighted by Crippen LogP contribution is -2.35. The molecule has 1 heterocycles. The lowest BCUT2D eigenvalue weighted by molar-refractivity contribution is -0.142. The van der Waals surface area contributed by atoms with Gasteiger partial charge in [0.05, 0.1) is 6.54 Å². The maximum atomic E-state index is 10.9. The summed E-state index contributed by atoms with van der Waals surface area (Å²) in [6, 6.07) is 7.17. The summed E-state index contributed by atoms with van der Waals surface area (Å²) in [4.78, 5) is 16.8. The van der Waals surface area contributed by atoms with Gasteiger partial charge in [0.1, 0.15) is 6.04 Å². The van der Waals surface area contributed by atoms with Crippen LogP contribution < -0.4 is 0 Å². The topological polar surface area (TPSA) is 79.5 Å². The molecule has 1 unspecified atom stereocenters. The molecule has 6 nitrogen and oxygen atoms in total. The van der Waals surface area contributed by atoms with E-state index in [1.165, 1.54) is 0 Å². The second-order valence-electron chi connectivity index (χ2n) is 4.81. The molecule has 6 heteroatoms. The third-order valence-electron chi connectivity index (χ3n) is 3.14. The van der Waals surface area contributed by atoms with Gasteiger partial charge in [-0.2, -0.15) is 4.98 Å². The SMILES string of the molecule is Cc1cccc(-c2nc(CN(C)C(C)C(=O)O)no2)c1. The van der Waals surface area contributed by atoms with Crippen molar-refractivity contribution in [1.82, 2.24) is 15.0 Å². The van der Waals surface area contributed by atoms with E-state index in [1.807, 2.05) is 31.2 Å². The molecule has 2 aromatic rings. The summed E-state index contributed by atoms with van der Waals surface area (Å²) >= 11 is 0. The molecule has 2 rings (SSSR count). The van der Waals surface area contributed by atoms with Crippen LogP contribution in [0.25, 0.3) is 11.5 Å². The van der Waals surface area contributed by atoms with E-state index in [-0.39, 0.29) is 0 Å². The van der Waals surface area contributed by atoms with Crippen LogP contribution in [-0.4, -0.2) is 39.2 Å². The normalized spacial score (nSPS) is 12.6. The van der Waals surface area contributed by atoms with Crippen LogP contribution in [0.5, 0.6) is 0 Å². The number of aromatic nitrogens is 2. The zero-order chi connectivity index (χ0) is 14.7. The second kappa shape index (κ2) is 5.83. The molecule has 0 spiro atoms. The molecule has 1 N–H and O–H groups in total. The van der Waals surface area contributed by atoms with Crippen LogP contribution in [0.3, 0.4) is 0 Å². The molecule has 0 radical (unpaired) electrons. The average Bonchev–Trinajstić information content (AvgIpc) is 2.86. The highest BCUT2D eigenvalue weighted by Gasteiger charge is 2.19. The first kappa shape index (κ1) is 14.2. The molecule has 0 amide bonds. The highest BCUT2D eigenvalue weighted by Crippen LogP contribution is 2.18. The van der Waals surface area contributed by atoms with E-state index in [1.54, 1.807) is 18.9 Å². The van der Waals surface area contributed by atoms with E-state index in [0.717, 1.165) is 11.1 Å². The summed E-state index contributed by atoms with van der Waals surface area (Å²) in [6.45, 7) is 3.93. The first-order chi connectivity index (χ1) is 9.47. The number of carboxylic acids is 1. The van der Waals surface area contributed by atoms with Crippen LogP contribution in [-0.2, 0) is 11.3 Å². The fourth-order valence-electron chi connectivity index (χ4n) is 1.76. The Hall–Kier alpha value is -2.21. The van der Waals surface area contributed by atoms with Crippen LogP contribution in [0.15, 0.2) is 28.8 Å². The summed E-state index contributed by atoms with van der Waals surface area (Å²) < 4.78 is 5.21. The van der Waals surface area contributed by atoms with Gasteiger partial charge in [-0.05, 0) is 33.0 Å². The van der Waals surface area contributed by atoms with Crippen LogP contribution in [0, 0.1) is 6.92 Å². The Morgan fingerprint density at radius 1 is 1.50 bits per heavy atom. The third-order valence-corrected chi connectivity index (χ3v) is 3.14. The van der Waals surface area contributed by atoms with Gasteiger partial charge in [-0.15, -0.1) is 0 Å². The summed E-state index contributed by atoms with van der Waals surface area (Å²) in [5.41, 5.74) is 1.97. The number of carboxylic acid groups (broad SMARTS) is 1. The minimum absolute atomic E-state index is 0.322. The van der Waals surface area contributed by atoms with Crippen LogP contribution >= 0.6 is 0 Å². The predicted octanol–water partition coefficient (Wildman–Crippen LogP) is 1.95. The van der Waals surface area contributed by atoms with Crippen molar-refractivity contribution in [2.24, 2.45) is 0 Å². The number of benzene rings is 1. The summed E-state index contributed by atoms with van der Waals surface area (Å²) in [6.07, 6.45) is 0. The van der Waals surface area contributed by atoms with Gasteiger partial charge in [-0.3, -0.25) is 9.69 Å². The minimum atomic E-state index is -0.880. The van der Waals surface area contributed by atoms with Gasteiger partial charge in [0.2, 0.25) is 0 Å². The fourth-order valence-corrected chi connectivity index (χ4v) is 1.76. The summed E-state index contributed by atoms with van der Waals surface area (Å²) in [5, 5.41) is 12.8. The average molecular weight is 275 g/mol. The molecule has 0 aliphatic heterocycles. The molecular weight excluding hydrogens is 258 g/mol. The number of rotatable bonds is 5. The van der Waals surface area contributed by atoms with Gasteiger partial charge in [0.25, 0.3) is 5.89 Å². The fraction of sp³-hybridized carbons (Fsp3) is 0.357. The summed E-state index contributed by atoms with van der Waals surface area (Å²) in [7, 11) is 1.71. The Morgan fingerprint density at radius 2 is 2.25 bits per heavy atom. The monoisotopic (exact) mass is 275 g/mol. The Labute approximate surface area is 117 Å². The molecule has 20 heavy (non-hydrogen) atoms. The van der Waals surface area contributed by atoms with Gasteiger partial charge in [0, 0.05) is 5.56 Å². The molecule has 0 saturated carbocycles. The molecule has 1 aromatic carbocycles. The quantitative estimate of drug-likeness (QED) is 0.898. The molecule has 0 bridgehead atoms. The molecule has 1 atom stereocenters. The number of nitrogens with zero attached hydrogens (tertiary/aromatic N) is 3. The van der Waals surface area contributed by atoms with Crippen molar-refractivity contribution < 1.29 is 14.4 Å². The second-order valence-corrected chi connectivity index (χ2v) is 4.81. The predicted molar refractivity (Wildman–Crippen MR) is 73.0 cm³/mol. The molecule has 106 valence electrons. The standard InChI is InChI=1S/C14H17N3O3/c1-9-5-4-6-11(7-9)13-15-12(16-20-13)8-17(3)10(2)14(18)19/h4-7,10H,8H2,1-3H3,(H,18,19). The highest BCUT2D eigenvalue weighted by molar-refractivity contribution is 5.72. The van der Waals surface area contributed by atoms with E-state index < -0.39 is 12.0 Å². The van der Waals surface area contributed by atoms with Crippen molar-refractivity contribution >= 4 is 5.97 Å². The lowest BCUT2D eigenvalue weighted by atomic mass is 10.1. The first-order valence-corrected chi connectivity index (χ1v) is 6.30. The molecule has 0 saturated heterocycles. The van der Waals surface area contributed by atoms with Gasteiger partial charge < -0.3 is 9.63 Å². The smallest absolute Gasteiger partial charge is 0.320 e. The number of hydrogen-bond donors (Lipinski definition) is 1. The Balaban J connectivity index is 2.11. The van der Waals surface area contributed by atoms with Crippen molar-refractivity contribution in [3.8, 4) is 11.5 Å². The Bertz CT molecular complexity index is 609. The number of hydrogen-bond acceptors (Lipinski definition) is 5. The Morgan fingerprint density at radius 3 is 2.90 bits per heavy atom. The van der Waals surface area contributed by atoms with E-state index in [9.17, 15) is 4.79 Å². The number of aliphatic carboxylic acids is 1. The number of aryl methyl sites for hydroxylation is 1. The zero-order valence-electron chi connectivity index (χ0n) is 11.7. The molecule has 1 aromatic heterocycles. The molecule has 0 aliphatic carbocycles. The van der Waals surface area contributed by atoms with Crippen LogP contribution in [0.1, 0.15) is 18.3 Å². The van der Waals surface area contributed by atoms with E-state index >= 15 is 0 Å². The van der Waals surface area contributed by atoms with E-state index in [2.05, 4.69) is 10.1 Å².